The molecular formula is C13H13BrN4O4. The van der Waals surface area contributed by atoms with E-state index in [0.29, 0.717) is 0 Å². The lowest BCUT2D eigenvalue weighted by Gasteiger charge is -2.08. The zero-order valence-electron chi connectivity index (χ0n) is 11.8. The van der Waals surface area contributed by atoms with E-state index in [1.54, 1.807) is 6.92 Å². The molecule has 1 aromatic carbocycles. The molecule has 0 bridgehead atoms. The second-order valence-electron chi connectivity index (χ2n) is 4.65. The number of nitro groups is 1. The lowest BCUT2D eigenvalue weighted by molar-refractivity contribution is -0.384. The van der Waals surface area contributed by atoms with Gasteiger partial charge in [0.25, 0.3) is 5.69 Å². The second kappa shape index (κ2) is 6.14. The van der Waals surface area contributed by atoms with Gasteiger partial charge in [-0.25, -0.2) is 0 Å². The van der Waals surface area contributed by atoms with Crippen molar-refractivity contribution in [2.45, 2.75) is 20.4 Å². The van der Waals surface area contributed by atoms with Crippen LogP contribution in [-0.4, -0.2) is 25.7 Å². The molecule has 0 radical (unpaired) electrons. The number of aryl methyl sites for hydroxylation is 1. The Hall–Kier alpha value is -2.42. The molecule has 9 heteroatoms. The molecule has 22 heavy (non-hydrogen) atoms. The maximum Gasteiger partial charge on any atom is 0.271 e. The minimum Gasteiger partial charge on any atom is -0.506 e. The number of rotatable bonds is 4. The first-order valence-corrected chi connectivity index (χ1v) is 7.05. The van der Waals surface area contributed by atoms with Crippen LogP contribution in [-0.2, 0) is 11.3 Å². The van der Waals surface area contributed by atoms with Crippen molar-refractivity contribution in [2.24, 2.45) is 0 Å². The first kappa shape index (κ1) is 16.0. The van der Waals surface area contributed by atoms with Gasteiger partial charge in [0.1, 0.15) is 12.3 Å². The van der Waals surface area contributed by atoms with Crippen LogP contribution in [0.15, 0.2) is 22.7 Å². The molecule has 0 saturated carbocycles. The van der Waals surface area contributed by atoms with Crippen LogP contribution >= 0.6 is 15.9 Å². The Kier molecular flexibility index (Phi) is 4.45. The van der Waals surface area contributed by atoms with Crippen LogP contribution in [0.5, 0.6) is 5.75 Å². The van der Waals surface area contributed by atoms with Gasteiger partial charge in [0.2, 0.25) is 5.91 Å². The lowest BCUT2D eigenvalue weighted by atomic mass is 10.2. The fraction of sp³-hybridized carbons (Fsp3) is 0.231. The SMILES string of the molecule is Cc1nn(CC(=O)Nc2cc([N+](=O)[O-])ccc2O)c(C)c1Br. The molecule has 0 aliphatic rings. The third kappa shape index (κ3) is 3.25. The van der Waals surface area contributed by atoms with Crippen LogP contribution in [0.4, 0.5) is 11.4 Å². The Balaban J connectivity index is 2.17. The first-order valence-electron chi connectivity index (χ1n) is 6.26. The average Bonchev–Trinajstić information content (AvgIpc) is 2.68. The Morgan fingerprint density at radius 1 is 1.50 bits per heavy atom. The summed E-state index contributed by atoms with van der Waals surface area (Å²) in [5.74, 6) is -0.692. The minimum atomic E-state index is -0.604. The summed E-state index contributed by atoms with van der Waals surface area (Å²) in [6.45, 7) is 3.54. The smallest absolute Gasteiger partial charge is 0.271 e. The zero-order chi connectivity index (χ0) is 16.4. The van der Waals surface area contributed by atoms with Crippen LogP contribution in [0.25, 0.3) is 0 Å². The van der Waals surface area contributed by atoms with Gasteiger partial charge in [0, 0.05) is 12.1 Å². The van der Waals surface area contributed by atoms with Gasteiger partial charge >= 0.3 is 0 Å². The third-order valence-corrected chi connectivity index (χ3v) is 4.20. The predicted octanol–water partition coefficient (Wildman–Crippen LogP) is 2.51. The predicted molar refractivity (Wildman–Crippen MR) is 82.8 cm³/mol. The van der Waals surface area contributed by atoms with E-state index in [2.05, 4.69) is 26.3 Å². The van der Waals surface area contributed by atoms with Crippen molar-refractivity contribution in [3.63, 3.8) is 0 Å². The molecule has 0 aliphatic carbocycles. The number of carbonyl (C=O) groups excluding carboxylic acids is 1. The quantitative estimate of drug-likeness (QED) is 0.489. The van der Waals surface area contributed by atoms with Gasteiger partial charge in [0.05, 0.1) is 26.5 Å². The Bertz CT molecular complexity index is 757. The highest BCUT2D eigenvalue weighted by Crippen LogP contribution is 2.28. The van der Waals surface area contributed by atoms with Crippen LogP contribution in [0, 0.1) is 24.0 Å². The molecule has 116 valence electrons. The van der Waals surface area contributed by atoms with Gasteiger partial charge in [-0.3, -0.25) is 19.6 Å². The summed E-state index contributed by atoms with van der Waals surface area (Å²) >= 11 is 3.36. The number of nitrogens with zero attached hydrogens (tertiary/aromatic N) is 3. The van der Waals surface area contributed by atoms with E-state index in [9.17, 15) is 20.0 Å². The number of amides is 1. The van der Waals surface area contributed by atoms with Gasteiger partial charge in [-0.15, -0.1) is 0 Å². The van der Waals surface area contributed by atoms with E-state index in [1.807, 2.05) is 6.92 Å². The number of anilines is 1. The van der Waals surface area contributed by atoms with Gasteiger partial charge in [-0.1, -0.05) is 0 Å². The van der Waals surface area contributed by atoms with E-state index in [4.69, 9.17) is 0 Å². The van der Waals surface area contributed by atoms with Crippen LogP contribution in [0.1, 0.15) is 11.4 Å². The Labute approximate surface area is 134 Å². The molecule has 0 spiro atoms. The number of phenolic OH excluding ortho intramolecular Hbond substituents is 1. The number of aromatic hydroxyl groups is 1. The first-order chi connectivity index (χ1) is 10.3. The second-order valence-corrected chi connectivity index (χ2v) is 5.44. The molecular weight excluding hydrogens is 356 g/mol. The van der Waals surface area contributed by atoms with Crippen LogP contribution in [0.2, 0.25) is 0 Å². The maximum atomic E-state index is 12.0. The number of nitrogens with one attached hydrogen (secondary N) is 1. The molecule has 2 N–H and O–H groups in total. The molecule has 2 rings (SSSR count). The van der Waals surface area contributed by atoms with Crippen molar-refractivity contribution in [3.8, 4) is 5.75 Å². The van der Waals surface area contributed by atoms with Crippen molar-refractivity contribution in [1.29, 1.82) is 0 Å². The summed E-state index contributed by atoms with van der Waals surface area (Å²) in [5, 5.41) is 27.0. The average molecular weight is 369 g/mol. The summed E-state index contributed by atoms with van der Waals surface area (Å²) in [5.41, 5.74) is 1.31. The highest BCUT2D eigenvalue weighted by atomic mass is 79.9. The summed E-state index contributed by atoms with van der Waals surface area (Å²) < 4.78 is 2.32. The van der Waals surface area contributed by atoms with Crippen LogP contribution < -0.4 is 5.32 Å². The number of halogens is 1. The van der Waals surface area contributed by atoms with Gasteiger partial charge in [-0.2, -0.15) is 5.10 Å². The van der Waals surface area contributed by atoms with Crippen molar-refractivity contribution in [3.05, 3.63) is 44.2 Å². The van der Waals surface area contributed by atoms with E-state index in [1.165, 1.54) is 4.68 Å². The molecule has 1 aromatic heterocycles. The normalized spacial score (nSPS) is 10.5. The lowest BCUT2D eigenvalue weighted by Crippen LogP contribution is -2.20. The van der Waals surface area contributed by atoms with Crippen molar-refractivity contribution in [1.82, 2.24) is 9.78 Å². The Morgan fingerprint density at radius 3 is 2.73 bits per heavy atom. The van der Waals surface area contributed by atoms with E-state index in [-0.39, 0.29) is 23.7 Å². The largest absolute Gasteiger partial charge is 0.506 e. The number of benzene rings is 1. The topological polar surface area (TPSA) is 110 Å². The summed E-state index contributed by atoms with van der Waals surface area (Å²) in [6, 6.07) is 3.42. The maximum absolute atomic E-state index is 12.0. The summed E-state index contributed by atoms with van der Waals surface area (Å²) in [7, 11) is 0. The molecule has 1 heterocycles. The third-order valence-electron chi connectivity index (χ3n) is 3.05. The molecule has 0 atom stereocenters. The molecule has 0 fully saturated rings. The Morgan fingerprint density at radius 2 is 2.18 bits per heavy atom. The summed E-state index contributed by atoms with van der Waals surface area (Å²) in [6.07, 6.45) is 0. The molecule has 8 nitrogen and oxygen atoms in total. The van der Waals surface area contributed by atoms with Crippen LogP contribution in [0.3, 0.4) is 0 Å². The van der Waals surface area contributed by atoms with Crippen molar-refractivity contribution < 1.29 is 14.8 Å². The highest BCUT2D eigenvalue weighted by molar-refractivity contribution is 9.10. The number of aromatic nitrogens is 2. The fourth-order valence-electron chi connectivity index (χ4n) is 1.89. The fourth-order valence-corrected chi connectivity index (χ4v) is 2.18. The number of hydrogen-bond acceptors (Lipinski definition) is 5. The number of hydrogen-bond donors (Lipinski definition) is 2. The number of nitro benzene ring substituents is 1. The van der Waals surface area contributed by atoms with Gasteiger partial charge in [0.15, 0.2) is 0 Å². The van der Waals surface area contributed by atoms with Gasteiger partial charge < -0.3 is 10.4 Å². The van der Waals surface area contributed by atoms with Crippen molar-refractivity contribution in [2.75, 3.05) is 5.32 Å². The van der Waals surface area contributed by atoms with E-state index in [0.717, 1.165) is 34.1 Å². The number of non-ortho nitro benzene ring substituents is 1. The zero-order valence-corrected chi connectivity index (χ0v) is 13.4. The van der Waals surface area contributed by atoms with Gasteiger partial charge in [-0.05, 0) is 35.8 Å². The molecule has 2 aromatic rings. The molecule has 0 saturated heterocycles. The number of carbonyl (C=O) groups is 1. The molecule has 0 aliphatic heterocycles. The van der Waals surface area contributed by atoms with E-state index >= 15 is 0 Å². The number of phenols is 1. The highest BCUT2D eigenvalue weighted by Gasteiger charge is 2.15. The minimum absolute atomic E-state index is 0.0141. The van der Waals surface area contributed by atoms with Crippen molar-refractivity contribution >= 4 is 33.2 Å². The standard InChI is InChI=1S/C13H13BrN4O4/c1-7-13(14)8(2)17(16-7)6-12(20)15-10-5-9(18(21)22)3-4-11(10)19/h3-5,19H,6H2,1-2H3,(H,15,20). The molecule has 0 unspecified atom stereocenters. The molecule has 1 amide bonds. The monoisotopic (exact) mass is 368 g/mol. The summed E-state index contributed by atoms with van der Waals surface area (Å²) in [4.78, 5) is 22.1. The van der Waals surface area contributed by atoms with E-state index < -0.39 is 10.8 Å².